The Labute approximate surface area is 109 Å². The first-order valence-electron chi connectivity index (χ1n) is 4.46. The third kappa shape index (κ3) is 3.74. The lowest BCUT2D eigenvalue weighted by atomic mass is 10.2. The molecule has 0 aliphatic carbocycles. The van der Waals surface area contributed by atoms with Crippen LogP contribution in [0, 0.1) is 0 Å². The molecule has 1 N–H and O–H groups in total. The normalized spacial score (nSPS) is 11.1. The van der Waals surface area contributed by atoms with Gasteiger partial charge >= 0.3 is 0 Å². The van der Waals surface area contributed by atoms with Gasteiger partial charge in [0.15, 0.2) is 0 Å². The summed E-state index contributed by atoms with van der Waals surface area (Å²) < 4.78 is -1.95. The highest BCUT2D eigenvalue weighted by Gasteiger charge is 2.30. The molecule has 0 unspecified atom stereocenters. The molecule has 16 heavy (non-hydrogen) atoms. The Morgan fingerprint density at radius 2 is 1.94 bits per heavy atom. The summed E-state index contributed by atoms with van der Waals surface area (Å²) in [5.41, 5.74) is 1.53. The number of carbonyl (C=O) groups excluding carboxylic acids is 1. The summed E-state index contributed by atoms with van der Waals surface area (Å²) in [6.45, 7) is 0. The number of carbonyl (C=O) groups is 1. The van der Waals surface area contributed by atoms with Gasteiger partial charge in [-0.05, 0) is 18.2 Å². The van der Waals surface area contributed by atoms with E-state index in [-0.39, 0.29) is 0 Å². The molecule has 0 fully saturated rings. The molecule has 0 saturated heterocycles. The highest BCUT2D eigenvalue weighted by molar-refractivity contribution is 6.76. The highest BCUT2D eigenvalue weighted by atomic mass is 35.6. The molecule has 88 valence electrons. The lowest BCUT2D eigenvalue weighted by molar-refractivity contribution is -0.115. The molecule has 0 radical (unpaired) electrons. The summed E-state index contributed by atoms with van der Waals surface area (Å²) in [4.78, 5) is 13.3. The number of hydrogen-bond acceptors (Lipinski definition) is 2. The van der Waals surface area contributed by atoms with Gasteiger partial charge in [-0.2, -0.15) is 0 Å². The minimum atomic E-state index is -1.95. The third-order valence-corrected chi connectivity index (χ3v) is 2.39. The van der Waals surface area contributed by atoms with Crippen molar-refractivity contribution in [2.24, 2.45) is 0 Å². The fourth-order valence-electron chi connectivity index (χ4n) is 1.06. The largest absolute Gasteiger partial charge is 0.378 e. The van der Waals surface area contributed by atoms with Crippen LogP contribution in [0.3, 0.4) is 0 Å². The van der Waals surface area contributed by atoms with Gasteiger partial charge in [-0.3, -0.25) is 4.79 Å². The minimum Gasteiger partial charge on any atom is -0.378 e. The lowest BCUT2D eigenvalue weighted by Gasteiger charge is -2.15. The molecular formula is C10H11Cl3N2O. The number of amides is 1. The van der Waals surface area contributed by atoms with E-state index in [1.165, 1.54) is 0 Å². The molecule has 0 aliphatic rings. The van der Waals surface area contributed by atoms with E-state index in [0.29, 0.717) is 5.69 Å². The second-order valence-corrected chi connectivity index (χ2v) is 5.68. The van der Waals surface area contributed by atoms with E-state index in [2.05, 4.69) is 5.32 Å². The summed E-state index contributed by atoms with van der Waals surface area (Å²) >= 11 is 16.3. The molecule has 0 aliphatic heterocycles. The van der Waals surface area contributed by atoms with E-state index in [1.807, 2.05) is 31.1 Å². The van der Waals surface area contributed by atoms with Gasteiger partial charge in [0, 0.05) is 25.5 Å². The van der Waals surface area contributed by atoms with Crippen LogP contribution in [0.15, 0.2) is 24.3 Å². The number of halogens is 3. The molecular weight excluding hydrogens is 270 g/mol. The van der Waals surface area contributed by atoms with Crippen molar-refractivity contribution < 1.29 is 4.79 Å². The van der Waals surface area contributed by atoms with Crippen LogP contribution in [-0.2, 0) is 4.79 Å². The summed E-state index contributed by atoms with van der Waals surface area (Å²) in [5.74, 6) is -0.673. The van der Waals surface area contributed by atoms with Crippen molar-refractivity contribution in [2.45, 2.75) is 3.79 Å². The average molecular weight is 282 g/mol. The maximum atomic E-state index is 11.4. The summed E-state index contributed by atoms with van der Waals surface area (Å²) in [5, 5.41) is 2.52. The van der Waals surface area contributed by atoms with Crippen LogP contribution in [0.1, 0.15) is 0 Å². The molecule has 0 saturated carbocycles. The summed E-state index contributed by atoms with van der Waals surface area (Å²) in [6.07, 6.45) is 0. The van der Waals surface area contributed by atoms with Gasteiger partial charge in [0.2, 0.25) is 0 Å². The monoisotopic (exact) mass is 280 g/mol. The van der Waals surface area contributed by atoms with Crippen molar-refractivity contribution in [2.75, 3.05) is 24.3 Å². The second kappa shape index (κ2) is 5.13. The quantitative estimate of drug-likeness (QED) is 0.845. The van der Waals surface area contributed by atoms with Crippen molar-refractivity contribution in [3.05, 3.63) is 24.3 Å². The molecule has 6 heteroatoms. The van der Waals surface area contributed by atoms with Gasteiger partial charge in [0.25, 0.3) is 9.70 Å². The van der Waals surface area contributed by atoms with Crippen molar-refractivity contribution in [1.29, 1.82) is 0 Å². The SMILES string of the molecule is CN(C)c1cccc(NC(=O)C(Cl)(Cl)Cl)c1. The number of nitrogens with one attached hydrogen (secondary N) is 1. The molecule has 0 bridgehead atoms. The van der Waals surface area contributed by atoms with Gasteiger partial charge in [-0.1, -0.05) is 40.9 Å². The van der Waals surface area contributed by atoms with Gasteiger partial charge in [-0.15, -0.1) is 0 Å². The number of hydrogen-bond donors (Lipinski definition) is 1. The van der Waals surface area contributed by atoms with Gasteiger partial charge in [0.05, 0.1) is 0 Å². The van der Waals surface area contributed by atoms with Gasteiger partial charge in [-0.25, -0.2) is 0 Å². The first kappa shape index (κ1) is 13.4. The van der Waals surface area contributed by atoms with E-state index in [4.69, 9.17) is 34.8 Å². The van der Waals surface area contributed by atoms with Crippen molar-refractivity contribution >= 4 is 52.1 Å². The van der Waals surface area contributed by atoms with E-state index >= 15 is 0 Å². The molecule has 1 amide bonds. The van der Waals surface area contributed by atoms with Gasteiger partial charge < -0.3 is 10.2 Å². The van der Waals surface area contributed by atoms with Crippen molar-refractivity contribution in [3.8, 4) is 0 Å². The first-order valence-corrected chi connectivity index (χ1v) is 5.59. The average Bonchev–Trinajstić information content (AvgIpc) is 2.16. The summed E-state index contributed by atoms with van der Waals surface area (Å²) in [6, 6.07) is 7.23. The van der Waals surface area contributed by atoms with Crippen LogP contribution in [0.2, 0.25) is 0 Å². The molecule has 1 aromatic rings. The Balaban J connectivity index is 2.83. The number of nitrogens with zero attached hydrogens (tertiary/aromatic N) is 1. The zero-order valence-corrected chi connectivity index (χ0v) is 11.1. The van der Waals surface area contributed by atoms with Crippen LogP contribution in [-0.4, -0.2) is 23.8 Å². The Kier molecular flexibility index (Phi) is 4.30. The number of anilines is 2. The first-order chi connectivity index (χ1) is 7.30. The predicted molar refractivity (Wildman–Crippen MR) is 69.7 cm³/mol. The van der Waals surface area contributed by atoms with E-state index in [9.17, 15) is 4.79 Å². The van der Waals surface area contributed by atoms with E-state index < -0.39 is 9.70 Å². The van der Waals surface area contributed by atoms with Crippen molar-refractivity contribution in [1.82, 2.24) is 0 Å². The lowest BCUT2D eigenvalue weighted by Crippen LogP contribution is -2.27. The zero-order chi connectivity index (χ0) is 12.3. The predicted octanol–water partition coefficient (Wildman–Crippen LogP) is 3.06. The smallest absolute Gasteiger partial charge is 0.276 e. The van der Waals surface area contributed by atoms with E-state index in [0.717, 1.165) is 5.69 Å². The van der Waals surface area contributed by atoms with Crippen LogP contribution in [0.25, 0.3) is 0 Å². The van der Waals surface area contributed by atoms with Crippen molar-refractivity contribution in [3.63, 3.8) is 0 Å². The molecule has 0 aromatic heterocycles. The molecule has 3 nitrogen and oxygen atoms in total. The van der Waals surface area contributed by atoms with Crippen LogP contribution >= 0.6 is 34.8 Å². The minimum absolute atomic E-state index is 0.586. The Morgan fingerprint density at radius 3 is 2.44 bits per heavy atom. The Morgan fingerprint density at radius 1 is 1.31 bits per heavy atom. The number of benzene rings is 1. The highest BCUT2D eigenvalue weighted by Crippen LogP contribution is 2.28. The molecule has 0 heterocycles. The molecule has 1 aromatic carbocycles. The number of alkyl halides is 3. The fourth-order valence-corrected chi connectivity index (χ4v) is 1.21. The van der Waals surface area contributed by atoms with Crippen LogP contribution in [0.5, 0.6) is 0 Å². The standard InChI is InChI=1S/C10H11Cl3N2O/c1-15(2)8-5-3-4-7(6-8)14-9(16)10(11,12)13/h3-6H,1-2H3,(H,14,16). The third-order valence-electron chi connectivity index (χ3n) is 1.88. The van der Waals surface area contributed by atoms with Gasteiger partial charge in [0.1, 0.15) is 0 Å². The molecule has 1 rings (SSSR count). The van der Waals surface area contributed by atoms with E-state index in [1.54, 1.807) is 12.1 Å². The van der Waals surface area contributed by atoms with Crippen LogP contribution < -0.4 is 10.2 Å². The second-order valence-electron chi connectivity index (χ2n) is 3.40. The maximum absolute atomic E-state index is 11.4. The molecule has 0 atom stereocenters. The maximum Gasteiger partial charge on any atom is 0.276 e. The number of rotatable bonds is 2. The molecule has 0 spiro atoms. The fraction of sp³-hybridized carbons (Fsp3) is 0.300. The topological polar surface area (TPSA) is 32.3 Å². The van der Waals surface area contributed by atoms with Crippen LogP contribution in [0.4, 0.5) is 11.4 Å². The Bertz CT molecular complexity index is 388. The zero-order valence-electron chi connectivity index (χ0n) is 8.80. The summed E-state index contributed by atoms with van der Waals surface area (Å²) in [7, 11) is 3.80. The Hall–Kier alpha value is -0.640.